The van der Waals surface area contributed by atoms with E-state index >= 15 is 0 Å². The Bertz CT molecular complexity index is 509. The van der Waals surface area contributed by atoms with Gasteiger partial charge in [0.15, 0.2) is 0 Å². The summed E-state index contributed by atoms with van der Waals surface area (Å²) in [4.78, 5) is 16.1. The molecule has 6 heteroatoms. The molecule has 0 bridgehead atoms. The van der Waals surface area contributed by atoms with Gasteiger partial charge in [-0.1, -0.05) is 0 Å². The van der Waals surface area contributed by atoms with Crippen molar-refractivity contribution in [2.24, 2.45) is 0 Å². The van der Waals surface area contributed by atoms with Crippen LogP contribution in [0.2, 0.25) is 0 Å². The Morgan fingerprint density at radius 1 is 1.04 bits per heavy atom. The molecule has 1 atom stereocenters. The molecule has 0 N–H and O–H groups in total. The molecule has 0 amide bonds. The van der Waals surface area contributed by atoms with Crippen LogP contribution in [0.4, 0.5) is 5.95 Å². The summed E-state index contributed by atoms with van der Waals surface area (Å²) in [6, 6.07) is 2.48. The number of aromatic nitrogens is 2. The van der Waals surface area contributed by atoms with Crippen molar-refractivity contribution in [1.29, 1.82) is 0 Å². The first-order valence-corrected chi connectivity index (χ1v) is 8.83. The van der Waals surface area contributed by atoms with E-state index in [-0.39, 0.29) is 5.60 Å². The number of nitrogens with zero attached hydrogens (tertiary/aromatic N) is 5. The highest BCUT2D eigenvalue weighted by Crippen LogP contribution is 2.38. The molecular weight excluding hydrogens is 290 g/mol. The van der Waals surface area contributed by atoms with Crippen molar-refractivity contribution in [2.45, 2.75) is 30.9 Å². The van der Waals surface area contributed by atoms with Crippen LogP contribution >= 0.6 is 0 Å². The normalized spacial score (nSPS) is 29.3. The van der Waals surface area contributed by atoms with E-state index in [2.05, 4.69) is 31.7 Å². The van der Waals surface area contributed by atoms with Crippen LogP contribution in [0.25, 0.3) is 0 Å². The van der Waals surface area contributed by atoms with Crippen molar-refractivity contribution in [3.8, 4) is 0 Å². The molecule has 0 aromatic carbocycles. The molecule has 3 aliphatic heterocycles. The second-order valence-corrected chi connectivity index (χ2v) is 7.23. The predicted octanol–water partition coefficient (Wildman–Crippen LogP) is 0.852. The summed E-state index contributed by atoms with van der Waals surface area (Å²) >= 11 is 0. The number of anilines is 1. The molecule has 1 aromatic heterocycles. The van der Waals surface area contributed by atoms with Crippen molar-refractivity contribution < 1.29 is 4.74 Å². The number of ether oxygens (including phenoxy) is 1. The molecule has 6 nitrogen and oxygen atoms in total. The molecule has 4 heterocycles. The van der Waals surface area contributed by atoms with Gasteiger partial charge in [0.05, 0.1) is 12.2 Å². The van der Waals surface area contributed by atoms with Crippen molar-refractivity contribution in [2.75, 3.05) is 57.8 Å². The zero-order chi connectivity index (χ0) is 15.7. The topological polar surface area (TPSA) is 44.7 Å². The molecule has 1 spiro atoms. The quantitative estimate of drug-likeness (QED) is 0.806. The van der Waals surface area contributed by atoms with Crippen LogP contribution in [0, 0.1) is 0 Å². The lowest BCUT2D eigenvalue weighted by Gasteiger charge is -2.39. The van der Waals surface area contributed by atoms with E-state index < -0.39 is 0 Å². The smallest absolute Gasteiger partial charge is 0.225 e. The van der Waals surface area contributed by atoms with E-state index in [1.54, 1.807) is 0 Å². The van der Waals surface area contributed by atoms with Gasteiger partial charge in [0.2, 0.25) is 5.95 Å². The van der Waals surface area contributed by atoms with Crippen molar-refractivity contribution in [3.05, 3.63) is 18.5 Å². The first-order chi connectivity index (χ1) is 11.2. The number of hydrogen-bond acceptors (Lipinski definition) is 6. The van der Waals surface area contributed by atoms with Crippen LogP contribution in [0.3, 0.4) is 0 Å². The minimum atomic E-state index is 0.0965. The van der Waals surface area contributed by atoms with Gasteiger partial charge in [-0.25, -0.2) is 9.97 Å². The first kappa shape index (κ1) is 15.3. The van der Waals surface area contributed by atoms with Crippen LogP contribution in [0.5, 0.6) is 0 Å². The summed E-state index contributed by atoms with van der Waals surface area (Å²) in [5.41, 5.74) is 0.0965. The second kappa shape index (κ2) is 6.34. The number of likely N-dealkylation sites (N-methyl/N-ethyl adjacent to an activating group) is 1. The lowest BCUT2D eigenvalue weighted by Crippen LogP contribution is -2.50. The summed E-state index contributed by atoms with van der Waals surface area (Å²) in [5.74, 6) is 0.857. The largest absolute Gasteiger partial charge is 0.373 e. The number of piperidine rings is 1. The third-order valence-corrected chi connectivity index (χ3v) is 5.75. The second-order valence-electron chi connectivity index (χ2n) is 7.23. The molecule has 0 radical (unpaired) electrons. The maximum Gasteiger partial charge on any atom is 0.225 e. The average Bonchev–Trinajstić information content (AvgIpc) is 3.01. The SMILES string of the molecule is CN1CCN(C2COC3(CCN(c4ncccn4)CC3)C2)CC1. The summed E-state index contributed by atoms with van der Waals surface area (Å²) in [6.07, 6.45) is 7.02. The van der Waals surface area contributed by atoms with Crippen molar-refractivity contribution in [3.63, 3.8) is 0 Å². The highest BCUT2D eigenvalue weighted by molar-refractivity contribution is 5.29. The third kappa shape index (κ3) is 3.20. The van der Waals surface area contributed by atoms with Gasteiger partial charge < -0.3 is 14.5 Å². The van der Waals surface area contributed by atoms with Gasteiger partial charge in [-0.05, 0) is 32.4 Å². The Balaban J connectivity index is 1.33. The van der Waals surface area contributed by atoms with E-state index in [4.69, 9.17) is 4.74 Å². The summed E-state index contributed by atoms with van der Waals surface area (Å²) in [7, 11) is 2.21. The Labute approximate surface area is 138 Å². The third-order valence-electron chi connectivity index (χ3n) is 5.75. The van der Waals surface area contributed by atoms with Gasteiger partial charge >= 0.3 is 0 Å². The molecule has 0 saturated carbocycles. The van der Waals surface area contributed by atoms with Gasteiger partial charge in [-0.3, -0.25) is 4.90 Å². The summed E-state index contributed by atoms with van der Waals surface area (Å²) in [6.45, 7) is 7.64. The fraction of sp³-hybridized carbons (Fsp3) is 0.765. The van der Waals surface area contributed by atoms with Crippen LogP contribution in [-0.2, 0) is 4.74 Å². The maximum atomic E-state index is 6.34. The zero-order valence-corrected chi connectivity index (χ0v) is 14.0. The number of piperazine rings is 1. The van der Waals surface area contributed by atoms with Crippen LogP contribution < -0.4 is 4.90 Å². The van der Waals surface area contributed by atoms with Gasteiger partial charge in [0.25, 0.3) is 0 Å². The van der Waals surface area contributed by atoms with Crippen molar-refractivity contribution >= 4 is 5.95 Å². The molecule has 23 heavy (non-hydrogen) atoms. The molecule has 126 valence electrons. The minimum Gasteiger partial charge on any atom is -0.373 e. The van der Waals surface area contributed by atoms with Crippen LogP contribution in [0.1, 0.15) is 19.3 Å². The average molecular weight is 317 g/mol. The predicted molar refractivity (Wildman–Crippen MR) is 89.6 cm³/mol. The van der Waals surface area contributed by atoms with Gasteiger partial charge in [-0.15, -0.1) is 0 Å². The Morgan fingerprint density at radius 3 is 2.43 bits per heavy atom. The van der Waals surface area contributed by atoms with E-state index in [9.17, 15) is 0 Å². The Hall–Kier alpha value is -1.24. The Kier molecular flexibility index (Phi) is 4.22. The molecule has 0 aliphatic carbocycles. The zero-order valence-electron chi connectivity index (χ0n) is 14.0. The fourth-order valence-electron chi connectivity index (χ4n) is 4.16. The maximum absolute atomic E-state index is 6.34. The number of hydrogen-bond donors (Lipinski definition) is 0. The van der Waals surface area contributed by atoms with Crippen LogP contribution in [0.15, 0.2) is 18.5 Å². The van der Waals surface area contributed by atoms with E-state index in [1.807, 2.05) is 18.5 Å². The van der Waals surface area contributed by atoms with Crippen molar-refractivity contribution in [1.82, 2.24) is 19.8 Å². The highest BCUT2D eigenvalue weighted by Gasteiger charge is 2.44. The van der Waals surface area contributed by atoms with Crippen LogP contribution in [-0.4, -0.2) is 84.3 Å². The standard InChI is InChI=1S/C17H27N5O/c1-20-9-11-21(12-10-20)15-13-17(23-14-15)3-7-22(8-4-17)16-18-5-2-6-19-16/h2,5-6,15H,3-4,7-14H2,1H3. The Morgan fingerprint density at radius 2 is 1.74 bits per heavy atom. The molecule has 4 rings (SSSR count). The molecule has 1 aromatic rings. The van der Waals surface area contributed by atoms with Gasteiger partial charge in [0, 0.05) is 57.7 Å². The summed E-state index contributed by atoms with van der Waals surface area (Å²) < 4.78 is 6.34. The van der Waals surface area contributed by atoms with Gasteiger partial charge in [-0.2, -0.15) is 0 Å². The van der Waals surface area contributed by atoms with E-state index in [0.717, 1.165) is 38.5 Å². The lowest BCUT2D eigenvalue weighted by atomic mass is 9.87. The molecule has 3 saturated heterocycles. The monoisotopic (exact) mass is 317 g/mol. The minimum absolute atomic E-state index is 0.0965. The molecule has 3 aliphatic rings. The molecule has 1 unspecified atom stereocenters. The molecule has 3 fully saturated rings. The van der Waals surface area contributed by atoms with E-state index in [0.29, 0.717) is 6.04 Å². The fourth-order valence-corrected chi connectivity index (χ4v) is 4.16. The summed E-state index contributed by atoms with van der Waals surface area (Å²) in [5, 5.41) is 0. The highest BCUT2D eigenvalue weighted by atomic mass is 16.5. The number of rotatable bonds is 2. The van der Waals surface area contributed by atoms with E-state index in [1.165, 1.54) is 32.6 Å². The first-order valence-electron chi connectivity index (χ1n) is 8.83. The van der Waals surface area contributed by atoms with Gasteiger partial charge in [0.1, 0.15) is 0 Å². The molecular formula is C17H27N5O. The lowest BCUT2D eigenvalue weighted by molar-refractivity contribution is -0.0164.